The first-order valence-corrected chi connectivity index (χ1v) is 11.0. The normalized spacial score (nSPS) is 18.5. The average molecular weight is 420 g/mol. The highest BCUT2D eigenvalue weighted by Gasteiger charge is 2.33. The number of methoxy groups -OCH3 is 1. The second-order valence-corrected chi connectivity index (χ2v) is 9.45. The lowest BCUT2D eigenvalue weighted by atomic mass is 9.99. The highest BCUT2D eigenvalue weighted by molar-refractivity contribution is 7.89. The summed E-state index contributed by atoms with van der Waals surface area (Å²) in [5.41, 5.74) is 3.03. The number of aromatic amines is 1. The Morgan fingerprint density at radius 2 is 2.07 bits per heavy atom. The molecular formula is C20H22ClN3O3S. The van der Waals surface area contributed by atoms with Gasteiger partial charge in [0, 0.05) is 25.1 Å². The van der Waals surface area contributed by atoms with Gasteiger partial charge in [-0.15, -0.1) is 0 Å². The highest BCUT2D eigenvalue weighted by Crippen LogP contribution is 2.33. The van der Waals surface area contributed by atoms with E-state index in [1.807, 2.05) is 19.1 Å². The van der Waals surface area contributed by atoms with Crippen LogP contribution < -0.4 is 4.74 Å². The van der Waals surface area contributed by atoms with E-state index in [1.165, 1.54) is 17.5 Å². The molecule has 0 spiro atoms. The first kappa shape index (κ1) is 19.2. The molecule has 3 aromatic rings. The summed E-state index contributed by atoms with van der Waals surface area (Å²) >= 11 is 6.20. The largest absolute Gasteiger partial charge is 0.497 e. The number of benzene rings is 2. The Hall–Kier alpha value is -2.09. The van der Waals surface area contributed by atoms with Crippen LogP contribution in [0.4, 0.5) is 0 Å². The minimum atomic E-state index is -3.72. The number of nitrogens with one attached hydrogen (secondary N) is 1. The number of aromatic nitrogens is 2. The lowest BCUT2D eigenvalue weighted by molar-refractivity contribution is 0.310. The summed E-state index contributed by atoms with van der Waals surface area (Å²) in [6.45, 7) is 2.87. The first-order chi connectivity index (χ1) is 13.4. The Labute approximate surface area is 169 Å². The van der Waals surface area contributed by atoms with Crippen LogP contribution >= 0.6 is 11.6 Å². The van der Waals surface area contributed by atoms with Gasteiger partial charge in [0.15, 0.2) is 0 Å². The van der Waals surface area contributed by atoms with Crippen LogP contribution in [0, 0.1) is 6.92 Å². The standard InChI is InChI=1S/C20H22ClN3O3S/c1-13-5-8-17-18(10-13)23-20(22-17)14-4-3-9-24(12-14)28(25,26)19-11-15(27-2)6-7-16(19)21/h5-8,10-11,14H,3-4,9,12H2,1-2H3,(H,22,23)/t14-/m0/s1. The number of nitrogens with zero attached hydrogens (tertiary/aromatic N) is 2. The highest BCUT2D eigenvalue weighted by atomic mass is 35.5. The molecule has 1 atom stereocenters. The van der Waals surface area contributed by atoms with E-state index in [2.05, 4.69) is 16.0 Å². The molecule has 1 aliphatic heterocycles. The van der Waals surface area contributed by atoms with Crippen LogP contribution in [0.5, 0.6) is 5.75 Å². The molecule has 2 heterocycles. The van der Waals surface area contributed by atoms with E-state index in [9.17, 15) is 8.42 Å². The van der Waals surface area contributed by atoms with Gasteiger partial charge >= 0.3 is 0 Å². The number of rotatable bonds is 4. The molecule has 1 aromatic heterocycles. The SMILES string of the molecule is COc1ccc(Cl)c(S(=O)(=O)N2CCC[C@H](c3nc4ccc(C)cc4[nH]3)C2)c1. The molecule has 4 rings (SSSR count). The van der Waals surface area contributed by atoms with Gasteiger partial charge < -0.3 is 9.72 Å². The van der Waals surface area contributed by atoms with Crippen LogP contribution in [0.1, 0.15) is 30.1 Å². The smallest absolute Gasteiger partial charge is 0.244 e. The van der Waals surface area contributed by atoms with Crippen molar-refractivity contribution in [3.8, 4) is 5.75 Å². The quantitative estimate of drug-likeness (QED) is 0.690. The maximum Gasteiger partial charge on any atom is 0.244 e. The predicted octanol–water partition coefficient (Wildman–Crippen LogP) is 4.10. The van der Waals surface area contributed by atoms with E-state index in [-0.39, 0.29) is 15.8 Å². The molecular weight excluding hydrogens is 398 g/mol. The third kappa shape index (κ3) is 3.50. The number of H-pyrrole nitrogens is 1. The lowest BCUT2D eigenvalue weighted by Gasteiger charge is -2.31. The number of ether oxygens (including phenoxy) is 1. The monoisotopic (exact) mass is 419 g/mol. The number of hydrogen-bond donors (Lipinski definition) is 1. The minimum absolute atomic E-state index is 0.0145. The minimum Gasteiger partial charge on any atom is -0.497 e. The van der Waals surface area contributed by atoms with Gasteiger partial charge in [0.25, 0.3) is 0 Å². The van der Waals surface area contributed by atoms with E-state index < -0.39 is 10.0 Å². The van der Waals surface area contributed by atoms with Crippen molar-refractivity contribution < 1.29 is 13.2 Å². The number of halogens is 1. The first-order valence-electron chi connectivity index (χ1n) is 9.18. The predicted molar refractivity (Wildman–Crippen MR) is 110 cm³/mol. The van der Waals surface area contributed by atoms with Crippen molar-refractivity contribution >= 4 is 32.7 Å². The molecule has 0 amide bonds. The Morgan fingerprint density at radius 3 is 2.86 bits per heavy atom. The van der Waals surface area contributed by atoms with Gasteiger partial charge in [-0.2, -0.15) is 4.31 Å². The van der Waals surface area contributed by atoms with E-state index >= 15 is 0 Å². The number of piperidine rings is 1. The van der Waals surface area contributed by atoms with Crippen LogP contribution in [0.2, 0.25) is 5.02 Å². The van der Waals surface area contributed by atoms with E-state index in [0.717, 1.165) is 35.3 Å². The number of aryl methyl sites for hydroxylation is 1. The Morgan fingerprint density at radius 1 is 1.25 bits per heavy atom. The van der Waals surface area contributed by atoms with Crippen LogP contribution in [0.25, 0.3) is 11.0 Å². The maximum absolute atomic E-state index is 13.2. The van der Waals surface area contributed by atoms with Crippen LogP contribution in [-0.2, 0) is 10.0 Å². The van der Waals surface area contributed by atoms with Crippen molar-refractivity contribution in [1.82, 2.24) is 14.3 Å². The van der Waals surface area contributed by atoms with Crippen molar-refractivity contribution in [2.45, 2.75) is 30.6 Å². The second kappa shape index (κ2) is 7.39. The molecule has 2 aromatic carbocycles. The summed E-state index contributed by atoms with van der Waals surface area (Å²) in [4.78, 5) is 8.14. The van der Waals surface area contributed by atoms with Crippen LogP contribution in [-0.4, -0.2) is 42.9 Å². The summed E-state index contributed by atoms with van der Waals surface area (Å²) in [5.74, 6) is 1.31. The molecule has 1 aliphatic rings. The number of imidazole rings is 1. The molecule has 0 saturated carbocycles. The molecule has 0 bridgehead atoms. The third-order valence-corrected chi connectivity index (χ3v) is 7.53. The molecule has 0 radical (unpaired) electrons. The summed E-state index contributed by atoms with van der Waals surface area (Å²) in [6, 6.07) is 10.7. The van der Waals surface area contributed by atoms with Crippen molar-refractivity contribution in [3.63, 3.8) is 0 Å². The fraction of sp³-hybridized carbons (Fsp3) is 0.350. The summed E-state index contributed by atoms with van der Waals surface area (Å²) in [6.07, 6.45) is 1.65. The fourth-order valence-corrected chi connectivity index (χ4v) is 5.68. The van der Waals surface area contributed by atoms with Gasteiger partial charge in [-0.3, -0.25) is 0 Å². The summed E-state index contributed by atoms with van der Waals surface area (Å²) < 4.78 is 33.1. The molecule has 1 fully saturated rings. The maximum atomic E-state index is 13.2. The fourth-order valence-electron chi connectivity index (χ4n) is 3.67. The van der Waals surface area contributed by atoms with Gasteiger partial charge in [-0.05, 0) is 49.6 Å². The second-order valence-electron chi connectivity index (χ2n) is 7.14. The molecule has 28 heavy (non-hydrogen) atoms. The van der Waals surface area contributed by atoms with Crippen LogP contribution in [0.15, 0.2) is 41.3 Å². The number of fused-ring (bicyclic) bond motifs is 1. The summed E-state index contributed by atoms with van der Waals surface area (Å²) in [7, 11) is -2.22. The van der Waals surface area contributed by atoms with Crippen molar-refractivity contribution in [2.24, 2.45) is 0 Å². The Kier molecular flexibility index (Phi) is 5.07. The average Bonchev–Trinajstić information content (AvgIpc) is 3.11. The van der Waals surface area contributed by atoms with Gasteiger partial charge in [0.1, 0.15) is 16.5 Å². The zero-order valence-corrected chi connectivity index (χ0v) is 17.3. The molecule has 1 saturated heterocycles. The van der Waals surface area contributed by atoms with Gasteiger partial charge in [-0.25, -0.2) is 13.4 Å². The number of hydrogen-bond acceptors (Lipinski definition) is 4. The molecule has 0 unspecified atom stereocenters. The van der Waals surface area contributed by atoms with E-state index in [0.29, 0.717) is 18.8 Å². The number of sulfonamides is 1. The van der Waals surface area contributed by atoms with Crippen molar-refractivity contribution in [2.75, 3.05) is 20.2 Å². The topological polar surface area (TPSA) is 75.3 Å². The third-order valence-electron chi connectivity index (χ3n) is 5.18. The van der Waals surface area contributed by atoms with Gasteiger partial charge in [0.05, 0.1) is 23.2 Å². The lowest BCUT2D eigenvalue weighted by Crippen LogP contribution is -2.39. The van der Waals surface area contributed by atoms with Crippen molar-refractivity contribution in [1.29, 1.82) is 0 Å². The molecule has 8 heteroatoms. The van der Waals surface area contributed by atoms with Gasteiger partial charge in [-0.1, -0.05) is 17.7 Å². The van der Waals surface area contributed by atoms with Crippen LogP contribution in [0.3, 0.4) is 0 Å². The Bertz CT molecular complexity index is 1130. The molecule has 148 valence electrons. The van der Waals surface area contributed by atoms with Gasteiger partial charge in [0.2, 0.25) is 10.0 Å². The zero-order valence-electron chi connectivity index (χ0n) is 15.8. The molecule has 0 aliphatic carbocycles. The summed E-state index contributed by atoms with van der Waals surface area (Å²) in [5, 5.41) is 0.196. The Balaban J connectivity index is 1.64. The van der Waals surface area contributed by atoms with E-state index in [4.69, 9.17) is 16.3 Å². The molecule has 1 N–H and O–H groups in total. The van der Waals surface area contributed by atoms with Crippen molar-refractivity contribution in [3.05, 3.63) is 52.8 Å². The molecule has 6 nitrogen and oxygen atoms in total. The zero-order chi connectivity index (χ0) is 19.9. The van der Waals surface area contributed by atoms with E-state index in [1.54, 1.807) is 12.1 Å².